The van der Waals surface area contributed by atoms with Crippen molar-refractivity contribution >= 4 is 0 Å². The van der Waals surface area contributed by atoms with Crippen molar-refractivity contribution in [2.75, 3.05) is 13.7 Å². The van der Waals surface area contributed by atoms with Crippen molar-refractivity contribution in [3.8, 4) is 5.75 Å². The summed E-state index contributed by atoms with van der Waals surface area (Å²) in [6.07, 6.45) is 1.62. The molecular formula is C12H17NO2. The van der Waals surface area contributed by atoms with Gasteiger partial charge in [0.05, 0.1) is 13.2 Å². The molecule has 15 heavy (non-hydrogen) atoms. The van der Waals surface area contributed by atoms with Gasteiger partial charge in [0.15, 0.2) is 0 Å². The van der Waals surface area contributed by atoms with E-state index in [-0.39, 0.29) is 6.10 Å². The van der Waals surface area contributed by atoms with E-state index in [4.69, 9.17) is 4.74 Å². The molecule has 2 rings (SSSR count). The van der Waals surface area contributed by atoms with Gasteiger partial charge < -0.3 is 15.2 Å². The summed E-state index contributed by atoms with van der Waals surface area (Å²) in [5.74, 6) is 0.923. The van der Waals surface area contributed by atoms with Crippen molar-refractivity contribution in [2.45, 2.75) is 25.0 Å². The molecule has 1 aromatic rings. The molecule has 2 N–H and O–H groups in total. The first-order valence-electron chi connectivity index (χ1n) is 5.35. The van der Waals surface area contributed by atoms with Crippen molar-refractivity contribution < 1.29 is 9.84 Å². The van der Waals surface area contributed by atoms with Gasteiger partial charge in [-0.2, -0.15) is 0 Å². The Kier molecular flexibility index (Phi) is 3.23. The molecule has 2 atom stereocenters. The second kappa shape index (κ2) is 4.64. The van der Waals surface area contributed by atoms with Crippen molar-refractivity contribution in [1.29, 1.82) is 0 Å². The molecule has 3 heteroatoms. The van der Waals surface area contributed by atoms with Gasteiger partial charge in [-0.3, -0.25) is 0 Å². The van der Waals surface area contributed by atoms with Gasteiger partial charge in [0.2, 0.25) is 0 Å². The zero-order valence-electron chi connectivity index (χ0n) is 8.94. The van der Waals surface area contributed by atoms with E-state index in [1.54, 1.807) is 7.11 Å². The second-order valence-electron chi connectivity index (χ2n) is 3.93. The summed E-state index contributed by atoms with van der Waals surface area (Å²) in [7, 11) is 1.69. The summed E-state index contributed by atoms with van der Waals surface area (Å²) in [5.41, 5.74) is 1.19. The minimum atomic E-state index is -0.198. The molecule has 82 valence electrons. The number of aliphatic hydroxyl groups is 1. The standard InChI is InChI=1S/C12H17NO2/c1-15-12-5-3-2-4-10(12)11-7-6-9(14)8-13-11/h2-5,9,11,13-14H,6-8H2,1H3. The van der Waals surface area contributed by atoms with Gasteiger partial charge in [0.1, 0.15) is 5.75 Å². The van der Waals surface area contributed by atoms with E-state index >= 15 is 0 Å². The van der Waals surface area contributed by atoms with Crippen LogP contribution < -0.4 is 10.1 Å². The average Bonchev–Trinajstić information content (AvgIpc) is 2.30. The molecule has 1 heterocycles. The van der Waals surface area contributed by atoms with Gasteiger partial charge >= 0.3 is 0 Å². The minimum Gasteiger partial charge on any atom is -0.496 e. The van der Waals surface area contributed by atoms with Crippen LogP contribution in [0.15, 0.2) is 24.3 Å². The number of nitrogens with one attached hydrogen (secondary N) is 1. The third-order valence-corrected chi connectivity index (χ3v) is 2.90. The van der Waals surface area contributed by atoms with Crippen LogP contribution in [0.2, 0.25) is 0 Å². The molecule has 1 aliphatic rings. The van der Waals surface area contributed by atoms with Crippen LogP contribution in [0.4, 0.5) is 0 Å². The number of aliphatic hydroxyl groups excluding tert-OH is 1. The monoisotopic (exact) mass is 207 g/mol. The van der Waals surface area contributed by atoms with E-state index in [0.717, 1.165) is 18.6 Å². The molecule has 3 nitrogen and oxygen atoms in total. The zero-order valence-corrected chi connectivity index (χ0v) is 8.94. The molecule has 0 radical (unpaired) electrons. The van der Waals surface area contributed by atoms with E-state index in [9.17, 15) is 5.11 Å². The predicted octanol–water partition coefficient (Wildman–Crippen LogP) is 1.48. The molecule has 0 aliphatic carbocycles. The molecule has 0 bridgehead atoms. The topological polar surface area (TPSA) is 41.5 Å². The number of benzene rings is 1. The minimum absolute atomic E-state index is 0.198. The maximum absolute atomic E-state index is 9.41. The van der Waals surface area contributed by atoms with Gasteiger partial charge in [0, 0.05) is 18.2 Å². The molecule has 1 saturated heterocycles. The highest BCUT2D eigenvalue weighted by Crippen LogP contribution is 2.29. The molecule has 0 saturated carbocycles. The van der Waals surface area contributed by atoms with Gasteiger partial charge in [-0.15, -0.1) is 0 Å². The van der Waals surface area contributed by atoms with Crippen LogP contribution in [0, 0.1) is 0 Å². The first-order valence-corrected chi connectivity index (χ1v) is 5.35. The molecule has 0 spiro atoms. The number of piperidine rings is 1. The van der Waals surface area contributed by atoms with Crippen LogP contribution in [0.5, 0.6) is 5.75 Å². The van der Waals surface area contributed by atoms with Crippen molar-refractivity contribution in [3.05, 3.63) is 29.8 Å². The van der Waals surface area contributed by atoms with Gasteiger partial charge in [-0.25, -0.2) is 0 Å². The summed E-state index contributed by atoms with van der Waals surface area (Å²) in [6.45, 7) is 0.669. The number of methoxy groups -OCH3 is 1. The molecular weight excluding hydrogens is 190 g/mol. The Bertz CT molecular complexity index is 319. The third-order valence-electron chi connectivity index (χ3n) is 2.90. The van der Waals surface area contributed by atoms with Crippen molar-refractivity contribution in [2.24, 2.45) is 0 Å². The lowest BCUT2D eigenvalue weighted by Gasteiger charge is -2.28. The van der Waals surface area contributed by atoms with Crippen molar-refractivity contribution in [1.82, 2.24) is 5.32 Å². The number of β-amino-alcohol motifs (C(OH)–C–C–N with tert-alkyl or cyclic N) is 1. The van der Waals surface area contributed by atoms with Crippen LogP contribution in [-0.4, -0.2) is 24.9 Å². The number of hydrogen-bond acceptors (Lipinski definition) is 3. The Morgan fingerprint density at radius 1 is 1.33 bits per heavy atom. The highest BCUT2D eigenvalue weighted by molar-refractivity contribution is 5.36. The molecule has 1 fully saturated rings. The largest absolute Gasteiger partial charge is 0.496 e. The fourth-order valence-electron chi connectivity index (χ4n) is 2.06. The first kappa shape index (κ1) is 10.5. The Morgan fingerprint density at radius 2 is 2.13 bits per heavy atom. The summed E-state index contributed by atoms with van der Waals surface area (Å²) in [4.78, 5) is 0. The summed E-state index contributed by atoms with van der Waals surface area (Å²) in [5, 5.41) is 12.7. The van der Waals surface area contributed by atoms with Gasteiger partial charge in [0.25, 0.3) is 0 Å². The molecule has 0 aromatic heterocycles. The molecule has 2 unspecified atom stereocenters. The van der Waals surface area contributed by atoms with Gasteiger partial charge in [-0.1, -0.05) is 18.2 Å². The smallest absolute Gasteiger partial charge is 0.123 e. The lowest BCUT2D eigenvalue weighted by atomic mass is 9.95. The van der Waals surface area contributed by atoms with Crippen LogP contribution in [0.25, 0.3) is 0 Å². The molecule has 0 amide bonds. The molecule has 1 aromatic carbocycles. The highest BCUT2D eigenvalue weighted by atomic mass is 16.5. The summed E-state index contributed by atoms with van der Waals surface area (Å²) in [6, 6.07) is 8.35. The normalized spacial score (nSPS) is 26.3. The maximum atomic E-state index is 9.41. The fourth-order valence-corrected chi connectivity index (χ4v) is 2.06. The van der Waals surface area contributed by atoms with Crippen LogP contribution in [-0.2, 0) is 0 Å². The number of ether oxygens (including phenoxy) is 1. The number of rotatable bonds is 2. The lowest BCUT2D eigenvalue weighted by molar-refractivity contribution is 0.126. The SMILES string of the molecule is COc1ccccc1C1CCC(O)CN1. The second-order valence-corrected chi connectivity index (χ2v) is 3.93. The Hall–Kier alpha value is -1.06. The number of para-hydroxylation sites is 1. The van der Waals surface area contributed by atoms with Crippen LogP contribution in [0.3, 0.4) is 0 Å². The van der Waals surface area contributed by atoms with E-state index in [0.29, 0.717) is 12.6 Å². The Morgan fingerprint density at radius 3 is 2.80 bits per heavy atom. The Labute approximate surface area is 90.1 Å². The maximum Gasteiger partial charge on any atom is 0.123 e. The summed E-state index contributed by atoms with van der Waals surface area (Å²) >= 11 is 0. The number of hydrogen-bond donors (Lipinski definition) is 2. The average molecular weight is 207 g/mol. The van der Waals surface area contributed by atoms with E-state index in [1.165, 1.54) is 5.56 Å². The van der Waals surface area contributed by atoms with E-state index in [1.807, 2.05) is 18.2 Å². The molecule has 1 aliphatic heterocycles. The Balaban J connectivity index is 2.15. The zero-order chi connectivity index (χ0) is 10.7. The van der Waals surface area contributed by atoms with Crippen LogP contribution >= 0.6 is 0 Å². The predicted molar refractivity (Wildman–Crippen MR) is 59.0 cm³/mol. The quantitative estimate of drug-likeness (QED) is 0.772. The summed E-state index contributed by atoms with van der Waals surface area (Å²) < 4.78 is 5.32. The first-order chi connectivity index (χ1) is 7.31. The lowest BCUT2D eigenvalue weighted by Crippen LogP contribution is -2.36. The highest BCUT2D eigenvalue weighted by Gasteiger charge is 2.21. The van der Waals surface area contributed by atoms with Crippen molar-refractivity contribution in [3.63, 3.8) is 0 Å². The van der Waals surface area contributed by atoms with Crippen LogP contribution in [0.1, 0.15) is 24.4 Å². The van der Waals surface area contributed by atoms with Gasteiger partial charge in [-0.05, 0) is 18.9 Å². The van der Waals surface area contributed by atoms with E-state index in [2.05, 4.69) is 11.4 Å². The third kappa shape index (κ3) is 2.30. The van der Waals surface area contributed by atoms with E-state index < -0.39 is 0 Å². The fraction of sp³-hybridized carbons (Fsp3) is 0.500.